The molecular formula is C29H33NO6. The molecule has 0 amide bonds. The summed E-state index contributed by atoms with van der Waals surface area (Å²) in [6, 6.07) is 28.9. The van der Waals surface area contributed by atoms with Gasteiger partial charge in [0.2, 0.25) is 0 Å². The van der Waals surface area contributed by atoms with E-state index in [1.165, 1.54) is 0 Å². The molecule has 36 heavy (non-hydrogen) atoms. The first-order chi connectivity index (χ1) is 17.4. The summed E-state index contributed by atoms with van der Waals surface area (Å²) >= 11 is 0. The molecule has 4 rings (SSSR count). The Morgan fingerprint density at radius 3 is 1.58 bits per heavy atom. The first-order valence-electron chi connectivity index (χ1n) is 12.1. The number of nitrogens with two attached hydrogens (primary N) is 1. The molecule has 1 fully saturated rings. The summed E-state index contributed by atoms with van der Waals surface area (Å²) in [6.07, 6.45) is -2.36. The summed E-state index contributed by atoms with van der Waals surface area (Å²) < 4.78 is 18.8. The molecule has 1 saturated carbocycles. The highest BCUT2D eigenvalue weighted by Crippen LogP contribution is 2.42. The van der Waals surface area contributed by atoms with Crippen LogP contribution in [0.3, 0.4) is 0 Å². The van der Waals surface area contributed by atoms with Crippen LogP contribution in [0.15, 0.2) is 91.0 Å². The third-order valence-corrected chi connectivity index (χ3v) is 6.58. The van der Waals surface area contributed by atoms with Gasteiger partial charge in [-0.05, 0) is 23.1 Å². The summed E-state index contributed by atoms with van der Waals surface area (Å²) in [5.41, 5.74) is 7.48. The molecule has 0 bridgehead atoms. The number of hydrogen-bond acceptors (Lipinski definition) is 6. The minimum absolute atomic E-state index is 0.123. The van der Waals surface area contributed by atoms with Gasteiger partial charge in [-0.3, -0.25) is 4.79 Å². The molecule has 0 spiro atoms. The Morgan fingerprint density at radius 2 is 1.14 bits per heavy atom. The summed E-state index contributed by atoms with van der Waals surface area (Å²) in [5, 5.41) is 20.9. The number of aliphatic carboxylic acids is 1. The van der Waals surface area contributed by atoms with Crippen LogP contribution in [0.5, 0.6) is 0 Å². The molecule has 0 aromatic heterocycles. The number of rotatable bonds is 12. The fourth-order valence-electron chi connectivity index (χ4n) is 4.73. The van der Waals surface area contributed by atoms with Gasteiger partial charge in [0, 0.05) is 12.3 Å². The predicted molar refractivity (Wildman–Crippen MR) is 135 cm³/mol. The maximum atomic E-state index is 11.5. The first kappa shape index (κ1) is 26.0. The van der Waals surface area contributed by atoms with Gasteiger partial charge in [-0.1, -0.05) is 91.0 Å². The number of aliphatic hydroxyl groups is 1. The minimum Gasteiger partial charge on any atom is -0.481 e. The highest BCUT2D eigenvalue weighted by Gasteiger charge is 2.60. The van der Waals surface area contributed by atoms with Crippen molar-refractivity contribution < 1.29 is 29.2 Å². The molecule has 3 aromatic rings. The van der Waals surface area contributed by atoms with Gasteiger partial charge in [-0.25, -0.2) is 0 Å². The van der Waals surface area contributed by atoms with Gasteiger partial charge < -0.3 is 30.2 Å². The first-order valence-corrected chi connectivity index (χ1v) is 12.1. The topological polar surface area (TPSA) is 111 Å². The molecule has 7 nitrogen and oxygen atoms in total. The normalized spacial score (nSPS) is 25.6. The van der Waals surface area contributed by atoms with Gasteiger partial charge >= 0.3 is 5.97 Å². The molecule has 0 radical (unpaired) electrons. The summed E-state index contributed by atoms with van der Waals surface area (Å²) in [5.74, 6) is -1.68. The zero-order valence-electron chi connectivity index (χ0n) is 20.1. The summed E-state index contributed by atoms with van der Waals surface area (Å²) in [7, 11) is 0. The molecule has 7 heteroatoms. The van der Waals surface area contributed by atoms with Crippen molar-refractivity contribution in [2.24, 2.45) is 11.7 Å². The second-order valence-electron chi connectivity index (χ2n) is 9.17. The molecule has 4 N–H and O–H groups in total. The van der Waals surface area contributed by atoms with E-state index in [2.05, 4.69) is 0 Å². The van der Waals surface area contributed by atoms with Crippen molar-refractivity contribution in [3.05, 3.63) is 108 Å². The molecule has 5 unspecified atom stereocenters. The van der Waals surface area contributed by atoms with Gasteiger partial charge in [-0.2, -0.15) is 0 Å². The second-order valence-corrected chi connectivity index (χ2v) is 9.17. The van der Waals surface area contributed by atoms with Crippen molar-refractivity contribution in [3.63, 3.8) is 0 Å². The predicted octanol–water partition coefficient (Wildman–Crippen LogP) is 3.88. The number of carbonyl (C=O) groups is 1. The third-order valence-electron chi connectivity index (χ3n) is 6.58. The lowest BCUT2D eigenvalue weighted by atomic mass is 9.92. The average molecular weight is 492 g/mol. The van der Waals surface area contributed by atoms with Crippen molar-refractivity contribution in [1.82, 2.24) is 0 Å². The van der Waals surface area contributed by atoms with Gasteiger partial charge in [-0.15, -0.1) is 0 Å². The van der Waals surface area contributed by atoms with Crippen molar-refractivity contribution in [2.75, 3.05) is 0 Å². The molecule has 0 aliphatic heterocycles. The van der Waals surface area contributed by atoms with Crippen LogP contribution >= 0.6 is 0 Å². The SMILES string of the molecule is NC1(O)C(CCC(=O)O)C(OCc2ccccc2)C(OCc2ccccc2)C1OCc1ccccc1. The van der Waals surface area contributed by atoms with Crippen molar-refractivity contribution in [2.45, 2.75) is 56.7 Å². The van der Waals surface area contributed by atoms with Crippen LogP contribution in [-0.4, -0.2) is 40.2 Å². The molecule has 1 aliphatic rings. The van der Waals surface area contributed by atoms with E-state index in [4.69, 9.17) is 19.9 Å². The van der Waals surface area contributed by atoms with Gasteiger partial charge in [0.25, 0.3) is 0 Å². The highest BCUT2D eigenvalue weighted by atomic mass is 16.6. The van der Waals surface area contributed by atoms with Crippen LogP contribution in [0.25, 0.3) is 0 Å². The van der Waals surface area contributed by atoms with Crippen molar-refractivity contribution in [1.29, 1.82) is 0 Å². The minimum atomic E-state index is -1.85. The molecule has 3 aromatic carbocycles. The monoisotopic (exact) mass is 491 g/mol. The van der Waals surface area contributed by atoms with Crippen LogP contribution in [-0.2, 0) is 38.8 Å². The largest absolute Gasteiger partial charge is 0.481 e. The molecule has 0 heterocycles. The zero-order valence-corrected chi connectivity index (χ0v) is 20.1. The van der Waals surface area contributed by atoms with Gasteiger partial charge in [0.15, 0.2) is 0 Å². The van der Waals surface area contributed by atoms with Crippen LogP contribution in [0.2, 0.25) is 0 Å². The number of carboxylic acid groups (broad SMARTS) is 1. The van der Waals surface area contributed by atoms with Crippen molar-refractivity contribution in [3.8, 4) is 0 Å². The highest BCUT2D eigenvalue weighted by molar-refractivity contribution is 5.66. The van der Waals surface area contributed by atoms with Crippen molar-refractivity contribution >= 4 is 5.97 Å². The molecular weight excluding hydrogens is 458 g/mol. The van der Waals surface area contributed by atoms with E-state index < -0.39 is 35.9 Å². The number of carboxylic acids is 1. The van der Waals surface area contributed by atoms with E-state index in [0.29, 0.717) is 0 Å². The zero-order chi connectivity index (χ0) is 25.4. The maximum absolute atomic E-state index is 11.5. The Balaban J connectivity index is 1.60. The second kappa shape index (κ2) is 12.3. The van der Waals surface area contributed by atoms with Gasteiger partial charge in [0.05, 0.1) is 25.9 Å². The average Bonchev–Trinajstić information content (AvgIpc) is 3.10. The van der Waals surface area contributed by atoms with E-state index in [9.17, 15) is 15.0 Å². The summed E-state index contributed by atoms with van der Waals surface area (Å²) in [4.78, 5) is 11.4. The lowest BCUT2D eigenvalue weighted by Crippen LogP contribution is -2.55. The fourth-order valence-corrected chi connectivity index (χ4v) is 4.73. The van der Waals surface area contributed by atoms with Gasteiger partial charge in [0.1, 0.15) is 17.9 Å². The Hall–Kier alpha value is -3.07. The van der Waals surface area contributed by atoms with E-state index in [-0.39, 0.29) is 32.7 Å². The standard InChI is InChI=1S/C29H33NO6/c30-29(33)24(16-17-25(31)32)26(34-18-21-10-4-1-5-11-21)27(35-19-22-12-6-2-7-13-22)28(29)36-20-23-14-8-3-9-15-23/h1-15,24,26-28,33H,16-20,30H2,(H,31,32). The summed E-state index contributed by atoms with van der Waals surface area (Å²) in [6.45, 7) is 0.749. The van der Waals surface area contributed by atoms with E-state index in [0.717, 1.165) is 16.7 Å². The van der Waals surface area contributed by atoms with E-state index >= 15 is 0 Å². The van der Waals surface area contributed by atoms with Crippen LogP contribution in [0.4, 0.5) is 0 Å². The fraction of sp³-hybridized carbons (Fsp3) is 0.345. The maximum Gasteiger partial charge on any atom is 0.303 e. The van der Waals surface area contributed by atoms with Crippen LogP contribution in [0, 0.1) is 5.92 Å². The Kier molecular flexibility index (Phi) is 8.85. The molecule has 1 aliphatic carbocycles. The number of benzene rings is 3. The number of ether oxygens (including phenoxy) is 3. The third kappa shape index (κ3) is 6.57. The van der Waals surface area contributed by atoms with E-state index in [1.54, 1.807) is 0 Å². The Morgan fingerprint density at radius 1 is 0.722 bits per heavy atom. The Bertz CT molecular complexity index is 1080. The molecule has 0 saturated heterocycles. The number of hydrogen-bond donors (Lipinski definition) is 3. The molecule has 190 valence electrons. The Labute approximate surface area is 211 Å². The van der Waals surface area contributed by atoms with Crippen LogP contribution < -0.4 is 5.73 Å². The lowest BCUT2D eigenvalue weighted by Gasteiger charge is -2.32. The van der Waals surface area contributed by atoms with Crippen LogP contribution in [0.1, 0.15) is 29.5 Å². The van der Waals surface area contributed by atoms with E-state index in [1.807, 2.05) is 91.0 Å². The molecule has 5 atom stereocenters. The smallest absolute Gasteiger partial charge is 0.303 e. The quantitative estimate of drug-likeness (QED) is 0.330. The lowest BCUT2D eigenvalue weighted by molar-refractivity contribution is -0.156.